The number of benzene rings is 1. The molecule has 0 radical (unpaired) electrons. The van der Waals surface area contributed by atoms with Crippen molar-refractivity contribution in [2.45, 2.75) is 39.2 Å². The van der Waals surface area contributed by atoms with Gasteiger partial charge in [0.25, 0.3) is 0 Å². The maximum atomic E-state index is 4.48. The zero-order valence-electron chi connectivity index (χ0n) is 14.6. The lowest BCUT2D eigenvalue weighted by Crippen LogP contribution is -2.43. The van der Waals surface area contributed by atoms with Crippen LogP contribution in [0.4, 0.5) is 0 Å². The second kappa shape index (κ2) is 11.4. The Morgan fingerprint density at radius 3 is 2.62 bits per heavy atom. The molecule has 1 aromatic heterocycles. The number of hydrogen-bond donors (Lipinski definition) is 2. The van der Waals surface area contributed by atoms with Gasteiger partial charge in [-0.3, -0.25) is 4.99 Å². The van der Waals surface area contributed by atoms with Gasteiger partial charge in [-0.05, 0) is 32.3 Å². The van der Waals surface area contributed by atoms with Gasteiger partial charge in [-0.1, -0.05) is 30.3 Å². The molecule has 0 aliphatic carbocycles. The fraction of sp³-hybridized carbons (Fsp3) is 0.444. The van der Waals surface area contributed by atoms with Crippen LogP contribution in [0.2, 0.25) is 0 Å². The van der Waals surface area contributed by atoms with Crippen molar-refractivity contribution in [2.24, 2.45) is 4.99 Å². The van der Waals surface area contributed by atoms with E-state index in [-0.39, 0.29) is 24.0 Å². The number of hydrogen-bond acceptors (Lipinski definition) is 3. The summed E-state index contributed by atoms with van der Waals surface area (Å²) in [5.41, 5.74) is 2.52. The van der Waals surface area contributed by atoms with Gasteiger partial charge >= 0.3 is 0 Å². The minimum absolute atomic E-state index is 0. The van der Waals surface area contributed by atoms with Crippen LogP contribution >= 0.6 is 35.3 Å². The van der Waals surface area contributed by atoms with Crippen molar-refractivity contribution in [3.8, 4) is 0 Å². The highest BCUT2D eigenvalue weighted by molar-refractivity contribution is 14.0. The standard InChI is InChI=1S/C18H26N4S.HI/c1-14(9-10-16-7-5-4-6-8-16)21-18(19-3)20-12-11-17-13-23-15(2)22-17;/h4-8,13-14H,9-12H2,1-3H3,(H2,19,20,21);1H. The SMILES string of the molecule is CN=C(NCCc1csc(C)n1)NC(C)CCc1ccccc1.I. The predicted octanol–water partition coefficient (Wildman–Crippen LogP) is 3.80. The normalized spacial score (nSPS) is 12.4. The van der Waals surface area contributed by atoms with Crippen LogP contribution in [-0.2, 0) is 12.8 Å². The Morgan fingerprint density at radius 1 is 1.25 bits per heavy atom. The maximum absolute atomic E-state index is 4.48. The first-order valence-corrected chi connectivity index (χ1v) is 8.97. The van der Waals surface area contributed by atoms with Gasteiger partial charge in [0, 0.05) is 31.4 Å². The summed E-state index contributed by atoms with van der Waals surface area (Å²) in [5.74, 6) is 0.859. The van der Waals surface area contributed by atoms with E-state index in [0.29, 0.717) is 6.04 Å². The van der Waals surface area contributed by atoms with Gasteiger partial charge < -0.3 is 10.6 Å². The first kappa shape index (κ1) is 20.9. The van der Waals surface area contributed by atoms with E-state index in [0.717, 1.165) is 42.5 Å². The molecule has 2 N–H and O–H groups in total. The Kier molecular flexibility index (Phi) is 9.94. The number of nitrogens with zero attached hydrogens (tertiary/aromatic N) is 2. The van der Waals surface area contributed by atoms with Crippen molar-refractivity contribution >= 4 is 41.3 Å². The van der Waals surface area contributed by atoms with Crippen LogP contribution in [0.15, 0.2) is 40.7 Å². The molecule has 1 heterocycles. The van der Waals surface area contributed by atoms with Crippen molar-refractivity contribution in [3.63, 3.8) is 0 Å². The summed E-state index contributed by atoms with van der Waals surface area (Å²) in [4.78, 5) is 8.77. The Bertz CT molecular complexity index is 612. The third-order valence-electron chi connectivity index (χ3n) is 3.66. The molecule has 6 heteroatoms. The number of aromatic nitrogens is 1. The summed E-state index contributed by atoms with van der Waals surface area (Å²) < 4.78 is 0. The molecule has 1 aromatic carbocycles. The first-order valence-electron chi connectivity index (χ1n) is 8.09. The highest BCUT2D eigenvalue weighted by Crippen LogP contribution is 2.08. The van der Waals surface area contributed by atoms with Crippen molar-refractivity contribution in [1.29, 1.82) is 0 Å². The predicted molar refractivity (Wildman–Crippen MR) is 115 cm³/mol. The van der Waals surface area contributed by atoms with E-state index in [2.05, 4.69) is 63.2 Å². The molecule has 0 fully saturated rings. The molecule has 0 spiro atoms. The monoisotopic (exact) mass is 458 g/mol. The summed E-state index contributed by atoms with van der Waals surface area (Å²) in [6.45, 7) is 5.07. The summed E-state index contributed by atoms with van der Waals surface area (Å²) in [6.07, 6.45) is 3.07. The smallest absolute Gasteiger partial charge is 0.191 e. The van der Waals surface area contributed by atoms with Gasteiger partial charge in [0.15, 0.2) is 5.96 Å². The van der Waals surface area contributed by atoms with E-state index in [1.807, 2.05) is 14.0 Å². The number of halogens is 1. The molecule has 132 valence electrons. The van der Waals surface area contributed by atoms with Crippen LogP contribution in [0.5, 0.6) is 0 Å². The van der Waals surface area contributed by atoms with E-state index in [1.165, 1.54) is 5.56 Å². The van der Waals surface area contributed by atoms with Crippen LogP contribution in [0.3, 0.4) is 0 Å². The minimum Gasteiger partial charge on any atom is -0.356 e. The molecule has 1 unspecified atom stereocenters. The molecule has 4 nitrogen and oxygen atoms in total. The molecule has 0 bridgehead atoms. The van der Waals surface area contributed by atoms with Gasteiger partial charge in [-0.2, -0.15) is 0 Å². The van der Waals surface area contributed by atoms with Crippen LogP contribution in [0, 0.1) is 6.92 Å². The van der Waals surface area contributed by atoms with E-state index < -0.39 is 0 Å². The molecule has 2 rings (SSSR count). The average Bonchev–Trinajstić information content (AvgIpc) is 2.98. The van der Waals surface area contributed by atoms with E-state index in [9.17, 15) is 0 Å². The average molecular weight is 458 g/mol. The van der Waals surface area contributed by atoms with Gasteiger partial charge in [0.1, 0.15) is 0 Å². The molecule has 0 amide bonds. The molecule has 0 saturated carbocycles. The van der Waals surface area contributed by atoms with Gasteiger partial charge in [-0.15, -0.1) is 35.3 Å². The molecule has 0 saturated heterocycles. The molecule has 1 atom stereocenters. The van der Waals surface area contributed by atoms with E-state index >= 15 is 0 Å². The second-order valence-electron chi connectivity index (χ2n) is 5.68. The Labute approximate surface area is 166 Å². The van der Waals surface area contributed by atoms with Crippen LogP contribution in [-0.4, -0.2) is 30.6 Å². The minimum atomic E-state index is 0. The van der Waals surface area contributed by atoms with Gasteiger partial charge in [0.05, 0.1) is 10.7 Å². The Hall–Kier alpha value is -1.15. The zero-order valence-corrected chi connectivity index (χ0v) is 17.7. The lowest BCUT2D eigenvalue weighted by Gasteiger charge is -2.17. The van der Waals surface area contributed by atoms with Crippen molar-refractivity contribution in [1.82, 2.24) is 15.6 Å². The highest BCUT2D eigenvalue weighted by atomic mass is 127. The largest absolute Gasteiger partial charge is 0.356 e. The first-order chi connectivity index (χ1) is 11.2. The van der Waals surface area contributed by atoms with Crippen molar-refractivity contribution in [2.75, 3.05) is 13.6 Å². The van der Waals surface area contributed by atoms with E-state index in [4.69, 9.17) is 0 Å². The van der Waals surface area contributed by atoms with Crippen molar-refractivity contribution < 1.29 is 0 Å². The van der Waals surface area contributed by atoms with Gasteiger partial charge in [-0.25, -0.2) is 4.98 Å². The van der Waals surface area contributed by atoms with Crippen LogP contribution < -0.4 is 10.6 Å². The van der Waals surface area contributed by atoms with Crippen LogP contribution in [0.25, 0.3) is 0 Å². The number of rotatable bonds is 7. The fourth-order valence-electron chi connectivity index (χ4n) is 2.36. The third-order valence-corrected chi connectivity index (χ3v) is 4.48. The lowest BCUT2D eigenvalue weighted by molar-refractivity contribution is 0.593. The highest BCUT2D eigenvalue weighted by Gasteiger charge is 2.06. The summed E-state index contributed by atoms with van der Waals surface area (Å²) in [7, 11) is 1.81. The number of aliphatic imine (C=N–C) groups is 1. The summed E-state index contributed by atoms with van der Waals surface area (Å²) in [6, 6.07) is 11.0. The topological polar surface area (TPSA) is 49.3 Å². The maximum Gasteiger partial charge on any atom is 0.191 e. The van der Waals surface area contributed by atoms with Gasteiger partial charge in [0.2, 0.25) is 0 Å². The zero-order chi connectivity index (χ0) is 16.5. The van der Waals surface area contributed by atoms with Crippen LogP contribution in [0.1, 0.15) is 29.6 Å². The fourth-order valence-corrected chi connectivity index (χ4v) is 3.01. The Balaban J connectivity index is 0.00000288. The molecule has 24 heavy (non-hydrogen) atoms. The van der Waals surface area contributed by atoms with Crippen molar-refractivity contribution in [3.05, 3.63) is 52.0 Å². The number of guanidine groups is 1. The molecule has 2 aromatic rings. The number of thiazole rings is 1. The quantitative estimate of drug-likeness (QED) is 0.377. The van der Waals surface area contributed by atoms with E-state index in [1.54, 1.807) is 11.3 Å². The Morgan fingerprint density at radius 2 is 2.00 bits per heavy atom. The summed E-state index contributed by atoms with van der Waals surface area (Å²) in [5, 5.41) is 10.1. The number of nitrogens with one attached hydrogen (secondary N) is 2. The summed E-state index contributed by atoms with van der Waals surface area (Å²) >= 11 is 1.70. The molecule has 0 aliphatic rings. The molecule has 0 aliphatic heterocycles. The second-order valence-corrected chi connectivity index (χ2v) is 6.74. The molecular weight excluding hydrogens is 431 g/mol. The lowest BCUT2D eigenvalue weighted by atomic mass is 10.1. The molecular formula is C18H27IN4S. The third kappa shape index (κ3) is 7.61. The number of aryl methyl sites for hydroxylation is 2.